The summed E-state index contributed by atoms with van der Waals surface area (Å²) in [6.45, 7) is 0. The minimum atomic E-state index is -0.495. The van der Waals surface area contributed by atoms with Gasteiger partial charge in [-0.2, -0.15) is 4.98 Å². The molecular weight excluding hydrogens is 298 g/mol. The molecule has 124 valence electrons. The number of hydrogen-bond acceptors (Lipinski definition) is 7. The van der Waals surface area contributed by atoms with Crippen molar-refractivity contribution >= 4 is 0 Å². The fourth-order valence-corrected chi connectivity index (χ4v) is 3.03. The predicted molar refractivity (Wildman–Crippen MR) is 83.7 cm³/mol. The first kappa shape index (κ1) is 15.6. The smallest absolute Gasteiger partial charge is 0.261 e. The highest BCUT2D eigenvalue weighted by molar-refractivity contribution is 5.71. The molecule has 0 atom stereocenters. The van der Waals surface area contributed by atoms with Gasteiger partial charge in [0.05, 0.1) is 32.4 Å². The Morgan fingerprint density at radius 1 is 1.04 bits per heavy atom. The zero-order valence-corrected chi connectivity index (χ0v) is 13.6. The zero-order valence-electron chi connectivity index (χ0n) is 13.6. The molecule has 1 aromatic heterocycles. The van der Waals surface area contributed by atoms with Gasteiger partial charge in [-0.05, 0) is 25.0 Å². The SMILES string of the molecule is COc1ccc(-c2nc(C3(N)CCCC3)no2)c(OC)c1OC. The molecule has 7 heteroatoms. The Kier molecular flexibility index (Phi) is 4.12. The summed E-state index contributed by atoms with van der Waals surface area (Å²) in [6, 6.07) is 3.57. The summed E-state index contributed by atoms with van der Waals surface area (Å²) in [6.07, 6.45) is 3.91. The monoisotopic (exact) mass is 319 g/mol. The van der Waals surface area contributed by atoms with Crippen LogP contribution in [0.3, 0.4) is 0 Å². The Morgan fingerprint density at radius 3 is 2.35 bits per heavy atom. The van der Waals surface area contributed by atoms with Crippen molar-refractivity contribution < 1.29 is 18.7 Å². The van der Waals surface area contributed by atoms with E-state index in [2.05, 4.69) is 10.1 Å². The van der Waals surface area contributed by atoms with Crippen molar-refractivity contribution in [3.63, 3.8) is 0 Å². The number of ether oxygens (including phenoxy) is 3. The van der Waals surface area contributed by atoms with Crippen LogP contribution in [-0.2, 0) is 5.54 Å². The third-order valence-corrected chi connectivity index (χ3v) is 4.30. The Labute approximate surface area is 134 Å². The van der Waals surface area contributed by atoms with Crippen LogP contribution in [0, 0.1) is 0 Å². The molecule has 1 heterocycles. The summed E-state index contributed by atoms with van der Waals surface area (Å²) < 4.78 is 21.5. The van der Waals surface area contributed by atoms with Gasteiger partial charge < -0.3 is 24.5 Å². The van der Waals surface area contributed by atoms with Gasteiger partial charge >= 0.3 is 0 Å². The van der Waals surface area contributed by atoms with Gasteiger partial charge in [-0.15, -0.1) is 0 Å². The van der Waals surface area contributed by atoms with E-state index in [-0.39, 0.29) is 0 Å². The van der Waals surface area contributed by atoms with Gasteiger partial charge in [0, 0.05) is 0 Å². The highest BCUT2D eigenvalue weighted by Gasteiger charge is 2.36. The zero-order chi connectivity index (χ0) is 16.4. The molecule has 1 aliphatic rings. The van der Waals surface area contributed by atoms with Crippen molar-refractivity contribution in [3.8, 4) is 28.7 Å². The van der Waals surface area contributed by atoms with E-state index in [4.69, 9.17) is 24.5 Å². The molecule has 1 aliphatic carbocycles. The van der Waals surface area contributed by atoms with Crippen molar-refractivity contribution in [1.82, 2.24) is 10.1 Å². The fourth-order valence-electron chi connectivity index (χ4n) is 3.03. The highest BCUT2D eigenvalue weighted by Crippen LogP contribution is 2.44. The van der Waals surface area contributed by atoms with Gasteiger partial charge in [0.2, 0.25) is 5.75 Å². The molecular formula is C16H21N3O4. The van der Waals surface area contributed by atoms with Crippen LogP contribution in [0.5, 0.6) is 17.2 Å². The van der Waals surface area contributed by atoms with Crippen LogP contribution < -0.4 is 19.9 Å². The Morgan fingerprint density at radius 2 is 1.74 bits per heavy atom. The minimum Gasteiger partial charge on any atom is -0.493 e. The first-order chi connectivity index (χ1) is 11.1. The van der Waals surface area contributed by atoms with E-state index in [1.165, 1.54) is 0 Å². The lowest BCUT2D eigenvalue weighted by atomic mass is 9.98. The average molecular weight is 319 g/mol. The number of nitrogens with zero attached hydrogens (tertiary/aromatic N) is 2. The van der Waals surface area contributed by atoms with Gasteiger partial charge in [0.25, 0.3) is 5.89 Å². The largest absolute Gasteiger partial charge is 0.493 e. The summed E-state index contributed by atoms with van der Waals surface area (Å²) in [5.74, 6) is 2.44. The molecule has 0 bridgehead atoms. The van der Waals surface area contributed by atoms with E-state index >= 15 is 0 Å². The second-order valence-electron chi connectivity index (χ2n) is 5.67. The van der Waals surface area contributed by atoms with Gasteiger partial charge in [0.15, 0.2) is 17.3 Å². The normalized spacial score (nSPS) is 16.3. The first-order valence-corrected chi connectivity index (χ1v) is 7.55. The standard InChI is InChI=1S/C16H21N3O4/c1-20-11-7-6-10(12(21-2)13(11)22-3)14-18-15(19-23-14)16(17)8-4-5-9-16/h6-7H,4-5,8-9,17H2,1-3H3. The predicted octanol–water partition coefficient (Wildman–Crippen LogP) is 2.49. The third-order valence-electron chi connectivity index (χ3n) is 4.30. The van der Waals surface area contributed by atoms with Crippen molar-refractivity contribution in [2.75, 3.05) is 21.3 Å². The minimum absolute atomic E-state index is 0.356. The third kappa shape index (κ3) is 2.61. The molecule has 1 saturated carbocycles. The average Bonchev–Trinajstić information content (AvgIpc) is 3.23. The second-order valence-corrected chi connectivity index (χ2v) is 5.67. The van der Waals surface area contributed by atoms with Crippen molar-refractivity contribution in [3.05, 3.63) is 18.0 Å². The summed E-state index contributed by atoms with van der Waals surface area (Å²) >= 11 is 0. The molecule has 2 N–H and O–H groups in total. The summed E-state index contributed by atoms with van der Waals surface area (Å²) in [4.78, 5) is 4.49. The van der Waals surface area contributed by atoms with Crippen LogP contribution in [0.15, 0.2) is 16.7 Å². The van der Waals surface area contributed by atoms with Crippen LogP contribution >= 0.6 is 0 Å². The number of benzene rings is 1. The van der Waals surface area contributed by atoms with Crippen LogP contribution in [-0.4, -0.2) is 31.5 Å². The maximum atomic E-state index is 6.38. The maximum Gasteiger partial charge on any atom is 0.261 e. The lowest BCUT2D eigenvalue weighted by Gasteiger charge is -2.17. The van der Waals surface area contributed by atoms with E-state index in [0.29, 0.717) is 34.5 Å². The topological polar surface area (TPSA) is 92.6 Å². The molecule has 0 unspecified atom stereocenters. The Balaban J connectivity index is 2.04. The number of hydrogen-bond donors (Lipinski definition) is 1. The number of rotatable bonds is 5. The van der Waals surface area contributed by atoms with Gasteiger partial charge in [-0.3, -0.25) is 0 Å². The van der Waals surface area contributed by atoms with E-state index in [9.17, 15) is 0 Å². The number of methoxy groups -OCH3 is 3. The molecule has 0 saturated heterocycles. The lowest BCUT2D eigenvalue weighted by Crippen LogP contribution is -2.34. The van der Waals surface area contributed by atoms with Crippen LogP contribution in [0.25, 0.3) is 11.5 Å². The lowest BCUT2D eigenvalue weighted by molar-refractivity contribution is 0.323. The van der Waals surface area contributed by atoms with Crippen molar-refractivity contribution in [1.29, 1.82) is 0 Å². The molecule has 1 fully saturated rings. The molecule has 0 amide bonds. The van der Waals surface area contributed by atoms with Crippen LogP contribution in [0.4, 0.5) is 0 Å². The molecule has 23 heavy (non-hydrogen) atoms. The summed E-state index contributed by atoms with van der Waals surface area (Å²) in [7, 11) is 4.68. The fraction of sp³-hybridized carbons (Fsp3) is 0.500. The molecule has 0 radical (unpaired) electrons. The molecule has 7 nitrogen and oxygen atoms in total. The van der Waals surface area contributed by atoms with Crippen molar-refractivity contribution in [2.45, 2.75) is 31.2 Å². The summed E-state index contributed by atoms with van der Waals surface area (Å²) in [5, 5.41) is 4.08. The number of aromatic nitrogens is 2. The molecule has 0 spiro atoms. The molecule has 1 aromatic carbocycles. The van der Waals surface area contributed by atoms with Crippen LogP contribution in [0.1, 0.15) is 31.5 Å². The van der Waals surface area contributed by atoms with E-state index < -0.39 is 5.54 Å². The number of nitrogens with two attached hydrogens (primary N) is 1. The maximum absolute atomic E-state index is 6.38. The van der Waals surface area contributed by atoms with E-state index in [1.54, 1.807) is 33.5 Å². The Bertz CT molecular complexity index is 693. The van der Waals surface area contributed by atoms with E-state index in [1.807, 2.05) is 0 Å². The van der Waals surface area contributed by atoms with E-state index in [0.717, 1.165) is 25.7 Å². The first-order valence-electron chi connectivity index (χ1n) is 7.55. The van der Waals surface area contributed by atoms with Crippen LogP contribution in [0.2, 0.25) is 0 Å². The van der Waals surface area contributed by atoms with Gasteiger partial charge in [0.1, 0.15) is 0 Å². The summed E-state index contributed by atoms with van der Waals surface area (Å²) in [5.41, 5.74) is 6.53. The molecule has 2 aromatic rings. The van der Waals surface area contributed by atoms with Crippen molar-refractivity contribution in [2.24, 2.45) is 5.73 Å². The van der Waals surface area contributed by atoms with Gasteiger partial charge in [-0.25, -0.2) is 0 Å². The van der Waals surface area contributed by atoms with Gasteiger partial charge in [-0.1, -0.05) is 18.0 Å². The molecule has 3 rings (SSSR count). The quantitative estimate of drug-likeness (QED) is 0.905. The molecule has 0 aliphatic heterocycles. The second kappa shape index (κ2) is 6.08. The highest BCUT2D eigenvalue weighted by atomic mass is 16.5. The Hall–Kier alpha value is -2.28.